The summed E-state index contributed by atoms with van der Waals surface area (Å²) >= 11 is 0. The van der Waals surface area contributed by atoms with Crippen LogP contribution in [0.15, 0.2) is 36.4 Å². The lowest BCUT2D eigenvalue weighted by atomic mass is 9.81. The average Bonchev–Trinajstić information content (AvgIpc) is 2.37. The van der Waals surface area contributed by atoms with Crippen LogP contribution in [0, 0.1) is 27.7 Å². The largest absolute Gasteiger partial charge is 0.479 e. The molecule has 0 unspecified atom stereocenters. The van der Waals surface area contributed by atoms with Gasteiger partial charge in [-0.15, -0.1) is 0 Å². The molecule has 3 nitrogen and oxygen atoms in total. The number of benzene rings is 2. The van der Waals surface area contributed by atoms with E-state index in [2.05, 4.69) is 0 Å². The summed E-state index contributed by atoms with van der Waals surface area (Å²) in [5.74, 6) is -1.26. The van der Waals surface area contributed by atoms with Crippen LogP contribution in [0.2, 0.25) is 0 Å². The number of hydrogen-bond acceptors (Lipinski definition) is 2. The third-order valence-corrected chi connectivity index (χ3v) is 3.85. The number of carbonyl (C=O) groups is 1. The zero-order chi connectivity index (χ0) is 15.8. The molecule has 21 heavy (non-hydrogen) atoms. The Hall–Kier alpha value is -2.13. The van der Waals surface area contributed by atoms with Gasteiger partial charge in [0.15, 0.2) is 0 Å². The van der Waals surface area contributed by atoms with Crippen LogP contribution in [0.3, 0.4) is 0 Å². The van der Waals surface area contributed by atoms with Gasteiger partial charge in [-0.05, 0) is 38.8 Å². The highest BCUT2D eigenvalue weighted by Gasteiger charge is 2.42. The number of aliphatic hydroxyl groups is 1. The standard InChI is InChI=1S/C18H20O3/c1-11-5-7-15(13(3)9-11)18(21,17(19)20)16-8-6-12(2)10-14(16)4/h5-10,21H,1-4H3,(H,19,20). The van der Waals surface area contributed by atoms with Crippen molar-refractivity contribution in [1.29, 1.82) is 0 Å². The lowest BCUT2D eigenvalue weighted by Gasteiger charge is -2.28. The van der Waals surface area contributed by atoms with Crippen LogP contribution in [0.5, 0.6) is 0 Å². The first kappa shape index (κ1) is 15.3. The maximum absolute atomic E-state index is 11.8. The Morgan fingerprint density at radius 2 is 1.24 bits per heavy atom. The molecule has 0 radical (unpaired) electrons. The molecule has 2 aromatic rings. The van der Waals surface area contributed by atoms with E-state index in [0.29, 0.717) is 11.1 Å². The van der Waals surface area contributed by atoms with E-state index >= 15 is 0 Å². The molecule has 2 aromatic carbocycles. The average molecular weight is 284 g/mol. The molecular formula is C18H20O3. The molecule has 0 bridgehead atoms. The third kappa shape index (κ3) is 2.57. The summed E-state index contributed by atoms with van der Waals surface area (Å²) < 4.78 is 0. The van der Waals surface area contributed by atoms with Crippen LogP contribution in [0.25, 0.3) is 0 Å². The van der Waals surface area contributed by atoms with E-state index < -0.39 is 11.6 Å². The molecule has 3 heteroatoms. The van der Waals surface area contributed by atoms with Crippen molar-refractivity contribution in [2.24, 2.45) is 0 Å². The number of carboxylic acids is 1. The second-order valence-electron chi connectivity index (χ2n) is 5.65. The Morgan fingerprint density at radius 3 is 1.52 bits per heavy atom. The Balaban J connectivity index is 2.74. The normalized spacial score (nSPS) is 11.5. The first-order valence-corrected chi connectivity index (χ1v) is 6.88. The topological polar surface area (TPSA) is 57.5 Å². The quantitative estimate of drug-likeness (QED) is 0.909. The molecule has 0 aromatic heterocycles. The summed E-state index contributed by atoms with van der Waals surface area (Å²) in [6.45, 7) is 7.51. The number of rotatable bonds is 3. The van der Waals surface area contributed by atoms with Crippen molar-refractivity contribution in [1.82, 2.24) is 0 Å². The zero-order valence-corrected chi connectivity index (χ0v) is 12.8. The van der Waals surface area contributed by atoms with Gasteiger partial charge in [0, 0.05) is 11.1 Å². The molecule has 0 aliphatic rings. The van der Waals surface area contributed by atoms with Gasteiger partial charge in [-0.3, -0.25) is 0 Å². The molecule has 0 atom stereocenters. The predicted octanol–water partition coefficient (Wildman–Crippen LogP) is 3.24. The van der Waals surface area contributed by atoms with E-state index in [4.69, 9.17) is 0 Å². The van der Waals surface area contributed by atoms with E-state index in [1.807, 2.05) is 52.0 Å². The number of aliphatic carboxylic acids is 1. The minimum atomic E-state index is -2.03. The summed E-state index contributed by atoms with van der Waals surface area (Å²) in [6.07, 6.45) is 0. The summed E-state index contributed by atoms with van der Waals surface area (Å²) in [6, 6.07) is 10.8. The molecule has 0 aliphatic carbocycles. The second-order valence-corrected chi connectivity index (χ2v) is 5.65. The van der Waals surface area contributed by atoms with E-state index in [0.717, 1.165) is 22.3 Å². The molecule has 110 valence electrons. The number of carboxylic acid groups (broad SMARTS) is 1. The molecule has 0 amide bonds. The molecule has 0 fully saturated rings. The Kier molecular flexibility index (Phi) is 3.88. The molecule has 0 saturated carbocycles. The van der Waals surface area contributed by atoms with Gasteiger partial charge in [-0.25, -0.2) is 4.79 Å². The number of aryl methyl sites for hydroxylation is 4. The first-order chi connectivity index (χ1) is 9.76. The highest BCUT2D eigenvalue weighted by molar-refractivity contribution is 5.84. The van der Waals surface area contributed by atoms with Gasteiger partial charge in [0.2, 0.25) is 5.60 Å². The Bertz CT molecular complexity index is 650. The van der Waals surface area contributed by atoms with Crippen molar-refractivity contribution in [3.05, 3.63) is 69.8 Å². The van der Waals surface area contributed by atoms with Gasteiger partial charge in [-0.2, -0.15) is 0 Å². The molecule has 0 saturated heterocycles. The summed E-state index contributed by atoms with van der Waals surface area (Å²) in [5.41, 5.74) is 2.38. The SMILES string of the molecule is Cc1ccc(C(O)(C(=O)O)c2ccc(C)cc2C)c(C)c1. The van der Waals surface area contributed by atoms with Crippen LogP contribution < -0.4 is 0 Å². The van der Waals surface area contributed by atoms with Gasteiger partial charge >= 0.3 is 5.97 Å². The monoisotopic (exact) mass is 284 g/mol. The fourth-order valence-electron chi connectivity index (χ4n) is 2.81. The minimum absolute atomic E-state index is 0.410. The van der Waals surface area contributed by atoms with Crippen LogP contribution in [-0.2, 0) is 10.4 Å². The van der Waals surface area contributed by atoms with E-state index in [1.165, 1.54) is 0 Å². The van der Waals surface area contributed by atoms with E-state index in [-0.39, 0.29) is 0 Å². The highest BCUT2D eigenvalue weighted by atomic mass is 16.4. The van der Waals surface area contributed by atoms with Gasteiger partial charge in [0.1, 0.15) is 0 Å². The highest BCUT2D eigenvalue weighted by Crippen LogP contribution is 2.34. The summed E-state index contributed by atoms with van der Waals surface area (Å²) in [4.78, 5) is 11.8. The predicted molar refractivity (Wildman–Crippen MR) is 82.5 cm³/mol. The Labute approximate surface area is 124 Å². The molecule has 0 heterocycles. The van der Waals surface area contributed by atoms with Crippen LogP contribution in [-0.4, -0.2) is 16.2 Å². The molecule has 0 aliphatic heterocycles. The summed E-state index contributed by atoms with van der Waals surface area (Å²) in [5, 5.41) is 20.7. The lowest BCUT2D eigenvalue weighted by molar-refractivity contribution is -0.155. The summed E-state index contributed by atoms with van der Waals surface area (Å²) in [7, 11) is 0. The molecule has 0 spiro atoms. The van der Waals surface area contributed by atoms with Crippen molar-refractivity contribution < 1.29 is 15.0 Å². The fourth-order valence-corrected chi connectivity index (χ4v) is 2.81. The van der Waals surface area contributed by atoms with Crippen molar-refractivity contribution >= 4 is 5.97 Å². The van der Waals surface area contributed by atoms with Gasteiger partial charge in [0.25, 0.3) is 0 Å². The number of hydrogen-bond donors (Lipinski definition) is 2. The fraction of sp³-hybridized carbons (Fsp3) is 0.278. The van der Waals surface area contributed by atoms with Gasteiger partial charge in [0.05, 0.1) is 0 Å². The second kappa shape index (κ2) is 5.34. The van der Waals surface area contributed by atoms with Crippen molar-refractivity contribution in [3.63, 3.8) is 0 Å². The lowest BCUT2D eigenvalue weighted by Crippen LogP contribution is -2.38. The van der Waals surface area contributed by atoms with Crippen molar-refractivity contribution in [2.45, 2.75) is 33.3 Å². The van der Waals surface area contributed by atoms with Crippen molar-refractivity contribution in [3.8, 4) is 0 Å². The van der Waals surface area contributed by atoms with Gasteiger partial charge in [-0.1, -0.05) is 47.5 Å². The third-order valence-electron chi connectivity index (χ3n) is 3.85. The molecule has 2 rings (SSSR count). The molecular weight excluding hydrogens is 264 g/mol. The van der Waals surface area contributed by atoms with Crippen LogP contribution >= 0.6 is 0 Å². The maximum atomic E-state index is 11.8. The smallest absolute Gasteiger partial charge is 0.345 e. The molecule has 2 N–H and O–H groups in total. The Morgan fingerprint density at radius 1 is 0.857 bits per heavy atom. The van der Waals surface area contributed by atoms with Crippen LogP contribution in [0.4, 0.5) is 0 Å². The maximum Gasteiger partial charge on any atom is 0.345 e. The minimum Gasteiger partial charge on any atom is -0.479 e. The van der Waals surface area contributed by atoms with Crippen LogP contribution in [0.1, 0.15) is 33.4 Å². The van der Waals surface area contributed by atoms with Gasteiger partial charge < -0.3 is 10.2 Å². The van der Waals surface area contributed by atoms with E-state index in [1.54, 1.807) is 12.1 Å². The zero-order valence-electron chi connectivity index (χ0n) is 12.8. The van der Waals surface area contributed by atoms with Crippen molar-refractivity contribution in [2.75, 3.05) is 0 Å². The first-order valence-electron chi connectivity index (χ1n) is 6.88. The van der Waals surface area contributed by atoms with E-state index in [9.17, 15) is 15.0 Å².